The molecule has 0 radical (unpaired) electrons. The molecule has 6 heteroatoms. The largest absolute Gasteiger partial charge is 0.496 e. The Morgan fingerprint density at radius 1 is 0.964 bits per heavy atom. The van der Waals surface area contributed by atoms with E-state index in [1.165, 1.54) is 0 Å². The van der Waals surface area contributed by atoms with Gasteiger partial charge in [-0.15, -0.1) is 11.3 Å². The molecule has 3 aromatic carbocycles. The van der Waals surface area contributed by atoms with Gasteiger partial charge in [-0.2, -0.15) is 5.10 Å². The summed E-state index contributed by atoms with van der Waals surface area (Å²) in [4.78, 5) is 9.40. The predicted molar refractivity (Wildman–Crippen MR) is 116 cm³/mol. The van der Waals surface area contributed by atoms with E-state index in [9.17, 15) is 0 Å². The first kappa shape index (κ1) is 17.9. The van der Waals surface area contributed by atoms with Crippen LogP contribution in [0.2, 0.25) is 0 Å². The van der Waals surface area contributed by atoms with Crippen molar-refractivity contribution in [3.8, 4) is 5.75 Å². The molecule has 0 bridgehead atoms. The van der Waals surface area contributed by atoms with Crippen molar-refractivity contribution in [1.82, 2.24) is 10.4 Å². The van der Waals surface area contributed by atoms with Crippen molar-refractivity contribution < 1.29 is 4.74 Å². The smallest absolute Gasteiger partial charge is 0.183 e. The van der Waals surface area contributed by atoms with E-state index in [1.54, 1.807) is 24.7 Å². The summed E-state index contributed by atoms with van der Waals surface area (Å²) in [5, 5.41) is 5.15. The second-order valence-corrected chi connectivity index (χ2v) is 6.93. The Balaban J connectivity index is 1.67. The van der Waals surface area contributed by atoms with Crippen molar-refractivity contribution in [1.29, 1.82) is 0 Å². The summed E-state index contributed by atoms with van der Waals surface area (Å²) in [5.74, 6) is 1.35. The van der Waals surface area contributed by atoms with Crippen LogP contribution in [0.5, 0.6) is 5.75 Å². The molecule has 0 aliphatic rings. The van der Waals surface area contributed by atoms with Crippen LogP contribution in [0.25, 0.3) is 10.2 Å². The number of para-hydroxylation sites is 3. The number of fused-ring (bicyclic) bond motifs is 1. The van der Waals surface area contributed by atoms with E-state index in [0.29, 0.717) is 5.84 Å². The molecule has 0 unspecified atom stereocenters. The number of nitrogens with one attached hydrogen (secondary N) is 1. The molecule has 0 spiro atoms. The van der Waals surface area contributed by atoms with Crippen molar-refractivity contribution in [2.75, 3.05) is 7.11 Å². The lowest BCUT2D eigenvalue weighted by Gasteiger charge is -2.05. The molecule has 1 aromatic heterocycles. The van der Waals surface area contributed by atoms with Gasteiger partial charge < -0.3 is 4.74 Å². The summed E-state index contributed by atoms with van der Waals surface area (Å²) < 4.78 is 6.47. The van der Waals surface area contributed by atoms with E-state index in [1.807, 2.05) is 72.8 Å². The lowest BCUT2D eigenvalue weighted by Crippen LogP contribution is -2.18. The van der Waals surface area contributed by atoms with Gasteiger partial charge in [-0.25, -0.2) is 9.98 Å². The Morgan fingerprint density at radius 3 is 2.54 bits per heavy atom. The number of hydrogen-bond acceptors (Lipinski definition) is 5. The van der Waals surface area contributed by atoms with E-state index in [0.717, 1.165) is 32.2 Å². The summed E-state index contributed by atoms with van der Waals surface area (Å²) in [6.45, 7) is 0. The Labute approximate surface area is 167 Å². The average Bonchev–Trinajstić information content (AvgIpc) is 3.18. The van der Waals surface area contributed by atoms with Gasteiger partial charge in [0.2, 0.25) is 0 Å². The number of benzene rings is 3. The Hall–Kier alpha value is -3.51. The lowest BCUT2D eigenvalue weighted by atomic mass is 10.2. The van der Waals surface area contributed by atoms with E-state index in [2.05, 4.69) is 16.6 Å². The van der Waals surface area contributed by atoms with Gasteiger partial charge in [0.15, 0.2) is 10.8 Å². The summed E-state index contributed by atoms with van der Waals surface area (Å²) in [6.07, 6.45) is 1.71. The van der Waals surface area contributed by atoms with Gasteiger partial charge in [0.05, 0.1) is 29.2 Å². The normalized spacial score (nSPS) is 11.8. The maximum absolute atomic E-state index is 5.36. The van der Waals surface area contributed by atoms with Gasteiger partial charge in [0, 0.05) is 5.56 Å². The summed E-state index contributed by atoms with van der Waals surface area (Å²) in [6, 6.07) is 25.5. The number of aromatic nitrogens is 1. The van der Waals surface area contributed by atoms with Crippen LogP contribution < -0.4 is 10.2 Å². The molecule has 4 rings (SSSR count). The minimum absolute atomic E-state index is 0.596. The zero-order chi connectivity index (χ0) is 19.2. The van der Waals surface area contributed by atoms with Crippen LogP contribution in [0.1, 0.15) is 10.6 Å². The first-order valence-electron chi connectivity index (χ1n) is 8.75. The molecule has 0 saturated carbocycles. The number of nitrogens with zero attached hydrogens (tertiary/aromatic N) is 3. The van der Waals surface area contributed by atoms with Crippen LogP contribution in [0.15, 0.2) is 89.0 Å². The number of methoxy groups -OCH3 is 1. The van der Waals surface area contributed by atoms with Crippen molar-refractivity contribution in [2.24, 2.45) is 10.1 Å². The molecule has 1 heterocycles. The first-order chi connectivity index (χ1) is 13.8. The maximum atomic E-state index is 5.36. The van der Waals surface area contributed by atoms with E-state index in [-0.39, 0.29) is 0 Å². The second kappa shape index (κ2) is 8.45. The van der Waals surface area contributed by atoms with E-state index < -0.39 is 0 Å². The van der Waals surface area contributed by atoms with Crippen LogP contribution in [-0.2, 0) is 0 Å². The van der Waals surface area contributed by atoms with Gasteiger partial charge in [0.25, 0.3) is 0 Å². The quantitative estimate of drug-likeness (QED) is 0.298. The molecular weight excluding hydrogens is 368 g/mol. The molecule has 5 nitrogen and oxygen atoms in total. The molecule has 138 valence electrons. The highest BCUT2D eigenvalue weighted by molar-refractivity contribution is 7.20. The predicted octanol–water partition coefficient (Wildman–Crippen LogP) is 5.01. The lowest BCUT2D eigenvalue weighted by molar-refractivity contribution is 0.414. The number of rotatable bonds is 5. The summed E-state index contributed by atoms with van der Waals surface area (Å²) in [7, 11) is 1.64. The summed E-state index contributed by atoms with van der Waals surface area (Å²) in [5.41, 5.74) is 5.71. The number of amidine groups is 1. The van der Waals surface area contributed by atoms with E-state index >= 15 is 0 Å². The third-order valence-electron chi connectivity index (χ3n) is 4.01. The van der Waals surface area contributed by atoms with Crippen molar-refractivity contribution in [2.45, 2.75) is 0 Å². The molecular formula is C22H18N4OS. The Morgan fingerprint density at radius 2 is 1.71 bits per heavy atom. The molecule has 28 heavy (non-hydrogen) atoms. The molecule has 0 aliphatic heterocycles. The molecule has 4 aromatic rings. The maximum Gasteiger partial charge on any atom is 0.183 e. The highest BCUT2D eigenvalue weighted by atomic mass is 32.1. The molecule has 0 fully saturated rings. The third-order valence-corrected chi connectivity index (χ3v) is 5.05. The highest BCUT2D eigenvalue weighted by Crippen LogP contribution is 2.23. The zero-order valence-corrected chi connectivity index (χ0v) is 16.1. The minimum atomic E-state index is 0.596. The Kier molecular flexibility index (Phi) is 5.40. The van der Waals surface area contributed by atoms with Crippen molar-refractivity contribution in [3.63, 3.8) is 0 Å². The van der Waals surface area contributed by atoms with Gasteiger partial charge in [0.1, 0.15) is 5.75 Å². The first-order valence-corrected chi connectivity index (χ1v) is 9.57. The van der Waals surface area contributed by atoms with Crippen LogP contribution in [0.3, 0.4) is 0 Å². The van der Waals surface area contributed by atoms with Gasteiger partial charge >= 0.3 is 0 Å². The standard InChI is InChI=1S/C22H18N4OS/c1-27-19-13-7-5-9-16(19)15-23-26-21(24-17-10-3-2-4-11-17)22-25-18-12-6-8-14-20(18)28-22/h2-15H,1H3,(H,24,26)/b23-15+. The van der Waals surface area contributed by atoms with Gasteiger partial charge in [-0.05, 0) is 36.4 Å². The van der Waals surface area contributed by atoms with Crippen LogP contribution in [0, 0.1) is 0 Å². The van der Waals surface area contributed by atoms with Crippen LogP contribution >= 0.6 is 11.3 Å². The number of aliphatic imine (C=N–C) groups is 1. The number of hydrazone groups is 1. The summed E-state index contributed by atoms with van der Waals surface area (Å²) >= 11 is 1.58. The minimum Gasteiger partial charge on any atom is -0.496 e. The second-order valence-electron chi connectivity index (χ2n) is 5.89. The molecule has 0 saturated heterocycles. The number of hydrogen-bond donors (Lipinski definition) is 1. The fourth-order valence-electron chi connectivity index (χ4n) is 2.66. The van der Waals surface area contributed by atoms with Gasteiger partial charge in [-0.3, -0.25) is 5.43 Å². The number of ether oxygens (including phenoxy) is 1. The Bertz CT molecular complexity index is 1100. The molecule has 0 aliphatic carbocycles. The average molecular weight is 386 g/mol. The SMILES string of the molecule is COc1ccccc1/C=N/NC(=Nc1ccccc1)c1nc2ccccc2s1. The van der Waals surface area contributed by atoms with Crippen LogP contribution in [-0.4, -0.2) is 24.1 Å². The van der Waals surface area contributed by atoms with Crippen molar-refractivity contribution >= 4 is 39.3 Å². The highest BCUT2D eigenvalue weighted by Gasteiger charge is 2.10. The molecule has 0 amide bonds. The fourth-order valence-corrected chi connectivity index (χ4v) is 3.57. The van der Waals surface area contributed by atoms with Crippen molar-refractivity contribution in [3.05, 3.63) is 89.4 Å². The number of thiazole rings is 1. The topological polar surface area (TPSA) is 58.9 Å². The fraction of sp³-hybridized carbons (Fsp3) is 0.0455. The third kappa shape index (κ3) is 4.07. The van der Waals surface area contributed by atoms with Crippen LogP contribution in [0.4, 0.5) is 5.69 Å². The monoisotopic (exact) mass is 386 g/mol. The zero-order valence-electron chi connectivity index (χ0n) is 15.2. The van der Waals surface area contributed by atoms with E-state index in [4.69, 9.17) is 14.7 Å². The van der Waals surface area contributed by atoms with Gasteiger partial charge in [-0.1, -0.05) is 42.5 Å². The molecule has 0 atom stereocenters. The molecule has 1 N–H and O–H groups in total.